The fourth-order valence-corrected chi connectivity index (χ4v) is 2.91. The Hall–Kier alpha value is -1.47. The zero-order valence-electron chi connectivity index (χ0n) is 14.5. The number of nitrogens with zero attached hydrogens (tertiary/aromatic N) is 3. The predicted molar refractivity (Wildman–Crippen MR) is 85.6 cm³/mol. The van der Waals surface area contributed by atoms with Crippen molar-refractivity contribution in [3.63, 3.8) is 0 Å². The van der Waals surface area contributed by atoms with Crippen molar-refractivity contribution in [1.82, 2.24) is 20.4 Å². The lowest BCUT2D eigenvalue weighted by atomic mass is 9.84. The standard InChI is InChI=1S/C16H28N4O3/c1-11(13-5-7-17-8-6-13)9-15(21)20(3)10-14-18-16(19-23-14)12(2)22-4/h11-13,17H,5-10H2,1-4H3. The molecule has 23 heavy (non-hydrogen) atoms. The van der Waals surface area contributed by atoms with Gasteiger partial charge in [0.05, 0.1) is 6.54 Å². The summed E-state index contributed by atoms with van der Waals surface area (Å²) >= 11 is 0. The number of ether oxygens (including phenoxy) is 1. The molecule has 0 bridgehead atoms. The van der Waals surface area contributed by atoms with Crippen LogP contribution in [-0.2, 0) is 16.1 Å². The smallest absolute Gasteiger partial charge is 0.246 e. The van der Waals surface area contributed by atoms with E-state index in [9.17, 15) is 4.79 Å². The van der Waals surface area contributed by atoms with Gasteiger partial charge in [-0.1, -0.05) is 12.1 Å². The summed E-state index contributed by atoms with van der Waals surface area (Å²) in [6.45, 7) is 6.47. The Balaban J connectivity index is 1.83. The lowest BCUT2D eigenvalue weighted by Gasteiger charge is -2.28. The van der Waals surface area contributed by atoms with Crippen LogP contribution in [0, 0.1) is 11.8 Å². The van der Waals surface area contributed by atoms with Crippen LogP contribution in [0.15, 0.2) is 4.52 Å². The first-order valence-corrected chi connectivity index (χ1v) is 8.31. The fourth-order valence-electron chi connectivity index (χ4n) is 2.91. The molecule has 2 rings (SSSR count). The number of aromatic nitrogens is 2. The molecule has 1 aromatic heterocycles. The van der Waals surface area contributed by atoms with Crippen molar-refractivity contribution in [2.75, 3.05) is 27.2 Å². The Labute approximate surface area is 137 Å². The lowest BCUT2D eigenvalue weighted by molar-refractivity contribution is -0.132. The third kappa shape index (κ3) is 5.00. The molecule has 0 spiro atoms. The van der Waals surface area contributed by atoms with E-state index < -0.39 is 0 Å². The molecule has 1 amide bonds. The number of hydrogen-bond donors (Lipinski definition) is 1. The summed E-state index contributed by atoms with van der Waals surface area (Å²) in [5, 5.41) is 7.24. The van der Waals surface area contributed by atoms with Gasteiger partial charge in [0.2, 0.25) is 11.8 Å². The van der Waals surface area contributed by atoms with Crippen molar-refractivity contribution in [3.05, 3.63) is 11.7 Å². The molecule has 0 aromatic carbocycles. The lowest BCUT2D eigenvalue weighted by Crippen LogP contribution is -2.34. The summed E-state index contributed by atoms with van der Waals surface area (Å²) in [4.78, 5) is 18.3. The molecular weight excluding hydrogens is 296 g/mol. The molecule has 130 valence electrons. The molecule has 0 saturated carbocycles. The minimum Gasteiger partial charge on any atom is -0.374 e. The molecule has 1 fully saturated rings. The van der Waals surface area contributed by atoms with Crippen LogP contribution < -0.4 is 5.32 Å². The maximum atomic E-state index is 12.4. The fraction of sp³-hybridized carbons (Fsp3) is 0.812. The van der Waals surface area contributed by atoms with E-state index in [-0.39, 0.29) is 12.0 Å². The summed E-state index contributed by atoms with van der Waals surface area (Å²) < 4.78 is 10.3. The first-order valence-electron chi connectivity index (χ1n) is 8.31. The molecule has 2 atom stereocenters. The second-order valence-corrected chi connectivity index (χ2v) is 6.44. The van der Waals surface area contributed by atoms with Crippen molar-refractivity contribution in [2.24, 2.45) is 11.8 Å². The van der Waals surface area contributed by atoms with Gasteiger partial charge < -0.3 is 19.5 Å². The average Bonchev–Trinajstić information content (AvgIpc) is 3.03. The Bertz CT molecular complexity index is 499. The van der Waals surface area contributed by atoms with Crippen molar-refractivity contribution in [2.45, 2.75) is 45.8 Å². The summed E-state index contributed by atoms with van der Waals surface area (Å²) in [5.41, 5.74) is 0. The quantitative estimate of drug-likeness (QED) is 0.823. The van der Waals surface area contributed by atoms with Gasteiger partial charge in [0.15, 0.2) is 5.82 Å². The Morgan fingerprint density at radius 2 is 2.13 bits per heavy atom. The van der Waals surface area contributed by atoms with Gasteiger partial charge in [0.25, 0.3) is 0 Å². The van der Waals surface area contributed by atoms with Gasteiger partial charge in [-0.2, -0.15) is 4.98 Å². The molecule has 1 aliphatic heterocycles. The van der Waals surface area contributed by atoms with Gasteiger partial charge in [0.1, 0.15) is 6.10 Å². The van der Waals surface area contributed by atoms with E-state index in [4.69, 9.17) is 9.26 Å². The number of piperidine rings is 1. The third-order valence-electron chi connectivity index (χ3n) is 4.68. The van der Waals surface area contributed by atoms with Crippen LogP contribution in [0.1, 0.15) is 50.9 Å². The zero-order chi connectivity index (χ0) is 16.8. The largest absolute Gasteiger partial charge is 0.374 e. The van der Waals surface area contributed by atoms with Crippen molar-refractivity contribution < 1.29 is 14.1 Å². The van der Waals surface area contributed by atoms with E-state index in [0.29, 0.717) is 36.5 Å². The number of amides is 1. The Kier molecular flexibility index (Phi) is 6.53. The Morgan fingerprint density at radius 1 is 1.43 bits per heavy atom. The van der Waals surface area contributed by atoms with Crippen molar-refractivity contribution in [3.8, 4) is 0 Å². The van der Waals surface area contributed by atoms with Crippen LogP contribution in [0.25, 0.3) is 0 Å². The molecular formula is C16H28N4O3. The zero-order valence-corrected chi connectivity index (χ0v) is 14.5. The van der Waals surface area contributed by atoms with Gasteiger partial charge >= 0.3 is 0 Å². The van der Waals surface area contributed by atoms with Crippen molar-refractivity contribution in [1.29, 1.82) is 0 Å². The van der Waals surface area contributed by atoms with Crippen LogP contribution >= 0.6 is 0 Å². The molecule has 7 nitrogen and oxygen atoms in total. The summed E-state index contributed by atoms with van der Waals surface area (Å²) in [7, 11) is 3.37. The number of methoxy groups -OCH3 is 1. The normalized spacial score (nSPS) is 18.6. The van der Waals surface area contributed by atoms with Crippen molar-refractivity contribution >= 4 is 5.91 Å². The maximum absolute atomic E-state index is 12.4. The number of rotatable bonds is 7. The number of hydrogen-bond acceptors (Lipinski definition) is 6. The summed E-state index contributed by atoms with van der Waals surface area (Å²) in [6.07, 6.45) is 2.66. The topological polar surface area (TPSA) is 80.5 Å². The molecule has 1 saturated heterocycles. The molecule has 1 N–H and O–H groups in total. The second-order valence-electron chi connectivity index (χ2n) is 6.44. The second kappa shape index (κ2) is 8.40. The van der Waals surface area contributed by atoms with E-state index in [1.807, 2.05) is 6.92 Å². The predicted octanol–water partition coefficient (Wildman–Crippen LogP) is 1.76. The highest BCUT2D eigenvalue weighted by atomic mass is 16.5. The van der Waals surface area contributed by atoms with Gasteiger partial charge in [-0.25, -0.2) is 0 Å². The molecule has 2 heterocycles. The summed E-state index contributed by atoms with van der Waals surface area (Å²) in [5.74, 6) is 2.10. The minimum atomic E-state index is -0.214. The summed E-state index contributed by atoms with van der Waals surface area (Å²) in [6, 6.07) is 0. The molecule has 0 radical (unpaired) electrons. The SMILES string of the molecule is COC(C)c1noc(CN(C)C(=O)CC(C)C2CCNCC2)n1. The highest BCUT2D eigenvalue weighted by Crippen LogP contribution is 2.25. The van der Waals surface area contributed by atoms with Gasteiger partial charge in [-0.3, -0.25) is 4.79 Å². The molecule has 1 aliphatic rings. The van der Waals surface area contributed by atoms with Crippen LogP contribution in [0.5, 0.6) is 0 Å². The Morgan fingerprint density at radius 3 is 2.78 bits per heavy atom. The molecule has 0 aliphatic carbocycles. The third-order valence-corrected chi connectivity index (χ3v) is 4.68. The van der Waals surface area contributed by atoms with Gasteiger partial charge in [0, 0.05) is 20.6 Å². The van der Waals surface area contributed by atoms with E-state index in [1.54, 1.807) is 19.1 Å². The molecule has 1 aromatic rings. The molecule has 7 heteroatoms. The van der Waals surface area contributed by atoms with Crippen LogP contribution in [0.3, 0.4) is 0 Å². The molecule has 2 unspecified atom stereocenters. The van der Waals surface area contributed by atoms with E-state index in [2.05, 4.69) is 22.4 Å². The van der Waals surface area contributed by atoms with E-state index >= 15 is 0 Å². The van der Waals surface area contributed by atoms with Gasteiger partial charge in [-0.05, 0) is 44.7 Å². The number of nitrogens with one attached hydrogen (secondary N) is 1. The van der Waals surface area contributed by atoms with E-state index in [0.717, 1.165) is 25.9 Å². The van der Waals surface area contributed by atoms with Crippen LogP contribution in [0.2, 0.25) is 0 Å². The number of carbonyl (C=O) groups is 1. The van der Waals surface area contributed by atoms with Crippen LogP contribution in [-0.4, -0.2) is 48.2 Å². The monoisotopic (exact) mass is 324 g/mol. The first kappa shape index (κ1) is 17.9. The average molecular weight is 324 g/mol. The number of carbonyl (C=O) groups excluding carboxylic acids is 1. The highest BCUT2D eigenvalue weighted by Gasteiger charge is 2.24. The van der Waals surface area contributed by atoms with E-state index in [1.165, 1.54) is 0 Å². The first-order chi connectivity index (χ1) is 11.0. The highest BCUT2D eigenvalue weighted by molar-refractivity contribution is 5.76. The minimum absolute atomic E-state index is 0.121. The maximum Gasteiger partial charge on any atom is 0.246 e. The van der Waals surface area contributed by atoms with Crippen LogP contribution in [0.4, 0.5) is 0 Å². The van der Waals surface area contributed by atoms with Gasteiger partial charge in [-0.15, -0.1) is 0 Å².